The second kappa shape index (κ2) is 7.38. The molecule has 25 heavy (non-hydrogen) atoms. The first-order valence-electron chi connectivity index (χ1n) is 7.27. The molecule has 3 rings (SSSR count). The van der Waals surface area contributed by atoms with Crippen LogP contribution in [0.15, 0.2) is 54.6 Å². The SMILES string of the molecule is N#CC(=Cc1ccccc1O)c1nnc(NC(=O)c2ccccc2)s1. The lowest BCUT2D eigenvalue weighted by Crippen LogP contribution is -2.11. The van der Waals surface area contributed by atoms with Crippen LogP contribution in [0.3, 0.4) is 0 Å². The van der Waals surface area contributed by atoms with E-state index in [0.717, 1.165) is 11.3 Å². The number of hydrogen-bond acceptors (Lipinski definition) is 6. The Balaban J connectivity index is 1.82. The van der Waals surface area contributed by atoms with Gasteiger partial charge < -0.3 is 5.11 Å². The van der Waals surface area contributed by atoms with Crippen LogP contribution in [0.25, 0.3) is 11.6 Å². The van der Waals surface area contributed by atoms with Crippen molar-refractivity contribution in [1.29, 1.82) is 5.26 Å². The summed E-state index contributed by atoms with van der Waals surface area (Å²) in [6, 6.07) is 17.4. The first-order valence-corrected chi connectivity index (χ1v) is 8.09. The minimum Gasteiger partial charge on any atom is -0.507 e. The largest absolute Gasteiger partial charge is 0.507 e. The van der Waals surface area contributed by atoms with Gasteiger partial charge in [0.25, 0.3) is 5.91 Å². The van der Waals surface area contributed by atoms with E-state index in [1.165, 1.54) is 12.1 Å². The number of rotatable bonds is 4. The number of hydrogen-bond donors (Lipinski definition) is 2. The number of allylic oxidation sites excluding steroid dienone is 1. The molecule has 0 radical (unpaired) electrons. The second-order valence-electron chi connectivity index (χ2n) is 4.96. The van der Waals surface area contributed by atoms with Gasteiger partial charge in [-0.2, -0.15) is 5.26 Å². The lowest BCUT2D eigenvalue weighted by atomic mass is 10.1. The summed E-state index contributed by atoms with van der Waals surface area (Å²) in [6.45, 7) is 0. The van der Waals surface area contributed by atoms with Crippen LogP contribution in [0.2, 0.25) is 0 Å². The molecule has 3 aromatic rings. The highest BCUT2D eigenvalue weighted by atomic mass is 32.1. The number of nitriles is 1. The number of carbonyl (C=O) groups is 1. The lowest BCUT2D eigenvalue weighted by Gasteiger charge is -2.00. The number of nitrogens with zero attached hydrogens (tertiary/aromatic N) is 3. The number of amides is 1. The second-order valence-corrected chi connectivity index (χ2v) is 5.94. The van der Waals surface area contributed by atoms with Crippen LogP contribution in [0.5, 0.6) is 5.75 Å². The van der Waals surface area contributed by atoms with Gasteiger partial charge >= 0.3 is 0 Å². The fourth-order valence-electron chi connectivity index (χ4n) is 2.05. The average Bonchev–Trinajstić information content (AvgIpc) is 3.10. The van der Waals surface area contributed by atoms with E-state index in [2.05, 4.69) is 15.5 Å². The summed E-state index contributed by atoms with van der Waals surface area (Å²) in [5.41, 5.74) is 1.26. The number of phenolic OH excluding ortho intramolecular Hbond substituents is 1. The van der Waals surface area contributed by atoms with Gasteiger partial charge in [0.2, 0.25) is 5.13 Å². The van der Waals surface area contributed by atoms with Gasteiger partial charge in [-0.1, -0.05) is 47.7 Å². The van der Waals surface area contributed by atoms with Crippen LogP contribution >= 0.6 is 11.3 Å². The Hall–Kier alpha value is -3.50. The number of carbonyl (C=O) groups excluding carboxylic acids is 1. The predicted molar refractivity (Wildman–Crippen MR) is 95.9 cm³/mol. The van der Waals surface area contributed by atoms with Crippen LogP contribution in [-0.4, -0.2) is 21.2 Å². The maximum absolute atomic E-state index is 12.1. The van der Waals surface area contributed by atoms with Gasteiger partial charge in [-0.05, 0) is 24.3 Å². The van der Waals surface area contributed by atoms with E-state index in [9.17, 15) is 15.2 Å². The van der Waals surface area contributed by atoms with E-state index in [0.29, 0.717) is 21.3 Å². The highest BCUT2D eigenvalue weighted by molar-refractivity contribution is 7.16. The smallest absolute Gasteiger partial charge is 0.257 e. The molecule has 1 aromatic heterocycles. The first-order chi connectivity index (χ1) is 12.2. The third-order valence-corrected chi connectivity index (χ3v) is 4.14. The third-order valence-electron chi connectivity index (χ3n) is 3.27. The molecule has 0 saturated heterocycles. The van der Waals surface area contributed by atoms with Gasteiger partial charge in [0, 0.05) is 11.1 Å². The van der Waals surface area contributed by atoms with Gasteiger partial charge in [-0.15, -0.1) is 10.2 Å². The Morgan fingerprint density at radius 1 is 1.12 bits per heavy atom. The molecule has 0 aliphatic heterocycles. The van der Waals surface area contributed by atoms with E-state index in [-0.39, 0.29) is 17.2 Å². The van der Waals surface area contributed by atoms with E-state index in [1.54, 1.807) is 42.5 Å². The maximum atomic E-state index is 12.1. The average molecular weight is 348 g/mol. The predicted octanol–water partition coefficient (Wildman–Crippen LogP) is 3.56. The molecule has 0 unspecified atom stereocenters. The molecule has 7 heteroatoms. The van der Waals surface area contributed by atoms with Gasteiger partial charge in [-0.3, -0.25) is 10.1 Å². The van der Waals surface area contributed by atoms with E-state index in [4.69, 9.17) is 0 Å². The molecular weight excluding hydrogens is 336 g/mol. The van der Waals surface area contributed by atoms with Crippen molar-refractivity contribution in [3.8, 4) is 11.8 Å². The van der Waals surface area contributed by atoms with Gasteiger partial charge in [0.15, 0.2) is 5.01 Å². The molecule has 0 bridgehead atoms. The minimum atomic E-state index is -0.300. The van der Waals surface area contributed by atoms with Crippen molar-refractivity contribution in [3.05, 3.63) is 70.7 Å². The quantitative estimate of drug-likeness (QED) is 0.702. The van der Waals surface area contributed by atoms with Crippen molar-refractivity contribution < 1.29 is 9.90 Å². The lowest BCUT2D eigenvalue weighted by molar-refractivity contribution is 0.102. The molecule has 1 heterocycles. The highest BCUT2D eigenvalue weighted by Crippen LogP contribution is 2.27. The molecule has 0 aliphatic rings. The van der Waals surface area contributed by atoms with Crippen molar-refractivity contribution in [2.45, 2.75) is 0 Å². The molecule has 2 aromatic carbocycles. The summed E-state index contributed by atoms with van der Waals surface area (Å²) >= 11 is 1.09. The summed E-state index contributed by atoms with van der Waals surface area (Å²) < 4.78 is 0. The zero-order valence-corrected chi connectivity index (χ0v) is 13.7. The van der Waals surface area contributed by atoms with Gasteiger partial charge in [0.1, 0.15) is 11.8 Å². The van der Waals surface area contributed by atoms with E-state index < -0.39 is 0 Å². The highest BCUT2D eigenvalue weighted by Gasteiger charge is 2.13. The molecule has 0 fully saturated rings. The standard InChI is InChI=1S/C18H12N4O2S/c19-11-14(10-13-8-4-5-9-15(13)23)17-21-22-18(25-17)20-16(24)12-6-2-1-3-7-12/h1-10,23H,(H,20,22,24). The normalized spacial score (nSPS) is 10.9. The fourth-order valence-corrected chi connectivity index (χ4v) is 2.75. The summed E-state index contributed by atoms with van der Waals surface area (Å²) in [6.07, 6.45) is 1.53. The topological polar surface area (TPSA) is 98.9 Å². The molecule has 6 nitrogen and oxygen atoms in total. The van der Waals surface area contributed by atoms with E-state index in [1.807, 2.05) is 12.1 Å². The van der Waals surface area contributed by atoms with E-state index >= 15 is 0 Å². The molecule has 1 amide bonds. The Kier molecular flexibility index (Phi) is 4.83. The molecule has 122 valence electrons. The van der Waals surface area contributed by atoms with Crippen molar-refractivity contribution in [2.75, 3.05) is 5.32 Å². The Morgan fingerprint density at radius 2 is 1.84 bits per heavy atom. The Labute approximate surface area is 147 Å². The number of phenols is 1. The third kappa shape index (κ3) is 3.88. The van der Waals surface area contributed by atoms with Crippen molar-refractivity contribution in [3.63, 3.8) is 0 Å². The van der Waals surface area contributed by atoms with Crippen LogP contribution in [0, 0.1) is 11.3 Å². The Morgan fingerprint density at radius 3 is 2.56 bits per heavy atom. The number of aromatic nitrogens is 2. The van der Waals surface area contributed by atoms with Crippen LogP contribution in [0.1, 0.15) is 20.9 Å². The van der Waals surface area contributed by atoms with Gasteiger partial charge in [-0.25, -0.2) is 0 Å². The van der Waals surface area contributed by atoms with Crippen molar-refractivity contribution in [1.82, 2.24) is 10.2 Å². The first kappa shape index (κ1) is 16.4. The number of aromatic hydroxyl groups is 1. The molecule has 0 spiro atoms. The zero-order chi connectivity index (χ0) is 17.6. The molecule has 0 aliphatic carbocycles. The van der Waals surface area contributed by atoms with Crippen LogP contribution in [-0.2, 0) is 0 Å². The fraction of sp³-hybridized carbons (Fsp3) is 0. The maximum Gasteiger partial charge on any atom is 0.257 e. The van der Waals surface area contributed by atoms with Crippen molar-refractivity contribution >= 4 is 34.0 Å². The summed E-state index contributed by atoms with van der Waals surface area (Å²) in [5.74, 6) is -0.233. The molecule has 0 atom stereocenters. The van der Waals surface area contributed by atoms with Crippen LogP contribution < -0.4 is 5.32 Å². The summed E-state index contributed by atoms with van der Waals surface area (Å²) in [4.78, 5) is 12.1. The zero-order valence-electron chi connectivity index (χ0n) is 12.9. The molecular formula is C18H12N4O2S. The number of para-hydroxylation sites is 1. The summed E-state index contributed by atoms with van der Waals surface area (Å²) in [5, 5.41) is 30.3. The van der Waals surface area contributed by atoms with Crippen LogP contribution in [0.4, 0.5) is 5.13 Å². The Bertz CT molecular complexity index is 974. The monoisotopic (exact) mass is 348 g/mol. The molecule has 2 N–H and O–H groups in total. The van der Waals surface area contributed by atoms with Gasteiger partial charge in [0.05, 0.1) is 5.57 Å². The molecule has 0 saturated carbocycles. The number of nitrogens with one attached hydrogen (secondary N) is 1. The minimum absolute atomic E-state index is 0.0670. The number of anilines is 1. The van der Waals surface area contributed by atoms with Crippen molar-refractivity contribution in [2.24, 2.45) is 0 Å². The summed E-state index contributed by atoms with van der Waals surface area (Å²) in [7, 11) is 0. The number of benzene rings is 2.